The summed E-state index contributed by atoms with van der Waals surface area (Å²) in [5, 5.41) is 2.57. The fourth-order valence-electron chi connectivity index (χ4n) is 2.25. The average Bonchev–Trinajstić information content (AvgIpc) is 2.51. The molecular formula is C14H16Cl2FN3O2. The van der Waals surface area contributed by atoms with Crippen LogP contribution in [0.4, 0.5) is 4.39 Å². The van der Waals surface area contributed by atoms with E-state index in [4.69, 9.17) is 23.2 Å². The van der Waals surface area contributed by atoms with Gasteiger partial charge in [-0.05, 0) is 12.1 Å². The third kappa shape index (κ3) is 3.88. The first kappa shape index (κ1) is 17.0. The summed E-state index contributed by atoms with van der Waals surface area (Å²) in [5.74, 6) is -1.07. The number of halogens is 3. The van der Waals surface area contributed by atoms with E-state index >= 15 is 0 Å². The van der Waals surface area contributed by atoms with Gasteiger partial charge in [-0.25, -0.2) is 4.39 Å². The summed E-state index contributed by atoms with van der Waals surface area (Å²) in [6, 6.07) is 2.29. The van der Waals surface area contributed by atoms with Crippen molar-refractivity contribution in [2.24, 2.45) is 0 Å². The van der Waals surface area contributed by atoms with E-state index in [1.54, 1.807) is 11.9 Å². The zero-order chi connectivity index (χ0) is 16.3. The smallest absolute Gasteiger partial charge is 0.255 e. The molecule has 1 N–H and O–H groups in total. The highest BCUT2D eigenvalue weighted by molar-refractivity contribution is 6.36. The van der Waals surface area contributed by atoms with Crippen molar-refractivity contribution in [1.29, 1.82) is 0 Å². The molecule has 0 unspecified atom stereocenters. The van der Waals surface area contributed by atoms with Gasteiger partial charge in [-0.1, -0.05) is 23.2 Å². The molecule has 0 radical (unpaired) electrons. The summed E-state index contributed by atoms with van der Waals surface area (Å²) in [5.41, 5.74) is 0.100. The van der Waals surface area contributed by atoms with Crippen LogP contribution in [0.1, 0.15) is 10.4 Å². The lowest BCUT2D eigenvalue weighted by molar-refractivity contribution is -0.122. The highest BCUT2D eigenvalue weighted by Crippen LogP contribution is 2.25. The number of hydrogen-bond acceptors (Lipinski definition) is 3. The standard InChI is InChI=1S/C14H16Cl2FN3O2/c1-18-13(21)8-19-2-4-20(5-3-19)14(22)9-6-12(17)11(16)7-10(9)15/h6-7H,2-5,8H2,1H3,(H,18,21). The van der Waals surface area contributed by atoms with Crippen molar-refractivity contribution in [2.75, 3.05) is 39.8 Å². The Hall–Kier alpha value is -1.37. The lowest BCUT2D eigenvalue weighted by Crippen LogP contribution is -2.50. The molecule has 1 heterocycles. The van der Waals surface area contributed by atoms with E-state index < -0.39 is 5.82 Å². The van der Waals surface area contributed by atoms with E-state index in [9.17, 15) is 14.0 Å². The van der Waals surface area contributed by atoms with Crippen molar-refractivity contribution in [3.05, 3.63) is 33.6 Å². The van der Waals surface area contributed by atoms with Crippen LogP contribution >= 0.6 is 23.2 Å². The Kier molecular flexibility index (Phi) is 5.61. The van der Waals surface area contributed by atoms with Gasteiger partial charge in [0.05, 0.1) is 22.2 Å². The first-order valence-corrected chi connectivity index (χ1v) is 7.54. The number of carbonyl (C=O) groups excluding carboxylic acids is 2. The normalized spacial score (nSPS) is 15.7. The fraction of sp³-hybridized carbons (Fsp3) is 0.429. The number of hydrogen-bond donors (Lipinski definition) is 1. The number of nitrogens with one attached hydrogen (secondary N) is 1. The molecular weight excluding hydrogens is 332 g/mol. The average molecular weight is 348 g/mol. The summed E-state index contributed by atoms with van der Waals surface area (Å²) in [4.78, 5) is 27.3. The van der Waals surface area contributed by atoms with Crippen LogP contribution in [0, 0.1) is 5.82 Å². The Morgan fingerprint density at radius 2 is 1.82 bits per heavy atom. The number of amides is 2. The van der Waals surface area contributed by atoms with Crippen LogP contribution in [0.15, 0.2) is 12.1 Å². The number of benzene rings is 1. The fourth-order valence-corrected chi connectivity index (χ4v) is 2.71. The Morgan fingerprint density at radius 3 is 2.41 bits per heavy atom. The maximum absolute atomic E-state index is 13.5. The second kappa shape index (κ2) is 7.26. The van der Waals surface area contributed by atoms with Crippen molar-refractivity contribution in [3.63, 3.8) is 0 Å². The van der Waals surface area contributed by atoms with Crippen LogP contribution in [0.5, 0.6) is 0 Å². The monoisotopic (exact) mass is 347 g/mol. The molecule has 0 aromatic heterocycles. The van der Waals surface area contributed by atoms with E-state index in [2.05, 4.69) is 5.32 Å². The van der Waals surface area contributed by atoms with Crippen molar-refractivity contribution < 1.29 is 14.0 Å². The van der Waals surface area contributed by atoms with E-state index in [0.29, 0.717) is 32.7 Å². The Balaban J connectivity index is 2.01. The Morgan fingerprint density at radius 1 is 1.18 bits per heavy atom. The number of likely N-dealkylation sites (N-methyl/N-ethyl adjacent to an activating group) is 1. The first-order chi connectivity index (χ1) is 10.4. The lowest BCUT2D eigenvalue weighted by atomic mass is 10.1. The molecule has 1 aromatic rings. The minimum absolute atomic E-state index is 0.0670. The number of rotatable bonds is 3. The van der Waals surface area contributed by atoms with Gasteiger partial charge in [0.2, 0.25) is 5.91 Å². The van der Waals surface area contributed by atoms with Gasteiger partial charge in [-0.3, -0.25) is 14.5 Å². The van der Waals surface area contributed by atoms with Crippen LogP contribution in [0.3, 0.4) is 0 Å². The van der Waals surface area contributed by atoms with Crippen molar-refractivity contribution in [3.8, 4) is 0 Å². The number of carbonyl (C=O) groups is 2. The topological polar surface area (TPSA) is 52.7 Å². The number of piperazine rings is 1. The minimum Gasteiger partial charge on any atom is -0.358 e. The predicted molar refractivity (Wildman–Crippen MR) is 82.8 cm³/mol. The molecule has 0 spiro atoms. The van der Waals surface area contributed by atoms with Gasteiger partial charge >= 0.3 is 0 Å². The summed E-state index contributed by atoms with van der Waals surface area (Å²) in [6.45, 7) is 2.36. The molecule has 2 rings (SSSR count). The van der Waals surface area contributed by atoms with Gasteiger partial charge in [0.15, 0.2) is 0 Å². The number of nitrogens with zero attached hydrogens (tertiary/aromatic N) is 2. The van der Waals surface area contributed by atoms with Gasteiger partial charge in [0, 0.05) is 33.2 Å². The zero-order valence-electron chi connectivity index (χ0n) is 12.0. The summed E-state index contributed by atoms with van der Waals surface area (Å²) in [6.07, 6.45) is 0. The highest BCUT2D eigenvalue weighted by atomic mass is 35.5. The molecule has 22 heavy (non-hydrogen) atoms. The van der Waals surface area contributed by atoms with Crippen LogP contribution < -0.4 is 5.32 Å². The second-order valence-electron chi connectivity index (χ2n) is 4.99. The quantitative estimate of drug-likeness (QED) is 0.845. The first-order valence-electron chi connectivity index (χ1n) is 6.79. The van der Waals surface area contributed by atoms with Gasteiger partial charge < -0.3 is 10.2 Å². The highest BCUT2D eigenvalue weighted by Gasteiger charge is 2.25. The molecule has 1 fully saturated rings. The van der Waals surface area contributed by atoms with Crippen LogP contribution in [-0.4, -0.2) is 61.4 Å². The van der Waals surface area contributed by atoms with Gasteiger partial charge in [-0.15, -0.1) is 0 Å². The molecule has 0 atom stereocenters. The molecule has 0 saturated carbocycles. The van der Waals surface area contributed by atoms with E-state index in [-0.39, 0.29) is 27.4 Å². The van der Waals surface area contributed by atoms with Gasteiger partial charge in [0.25, 0.3) is 5.91 Å². The van der Waals surface area contributed by atoms with Crippen LogP contribution in [0.25, 0.3) is 0 Å². The van der Waals surface area contributed by atoms with Crippen molar-refractivity contribution in [2.45, 2.75) is 0 Å². The molecule has 1 aliphatic heterocycles. The summed E-state index contributed by atoms with van der Waals surface area (Å²) < 4.78 is 13.5. The SMILES string of the molecule is CNC(=O)CN1CCN(C(=O)c2cc(F)c(Cl)cc2Cl)CC1. The van der Waals surface area contributed by atoms with Gasteiger partial charge in [-0.2, -0.15) is 0 Å². The summed E-state index contributed by atoms with van der Waals surface area (Å²) in [7, 11) is 1.58. The lowest BCUT2D eigenvalue weighted by Gasteiger charge is -2.34. The largest absolute Gasteiger partial charge is 0.358 e. The third-order valence-corrected chi connectivity index (χ3v) is 4.15. The molecule has 120 valence electrons. The van der Waals surface area contributed by atoms with Crippen LogP contribution in [0.2, 0.25) is 10.0 Å². The van der Waals surface area contributed by atoms with Gasteiger partial charge in [0.1, 0.15) is 5.82 Å². The molecule has 0 bridgehead atoms. The van der Waals surface area contributed by atoms with E-state index in [0.717, 1.165) is 6.07 Å². The molecule has 5 nitrogen and oxygen atoms in total. The molecule has 1 saturated heterocycles. The molecule has 2 amide bonds. The molecule has 1 aliphatic rings. The Bertz CT molecular complexity index is 590. The predicted octanol–water partition coefficient (Wildman–Crippen LogP) is 1.64. The zero-order valence-corrected chi connectivity index (χ0v) is 13.5. The molecule has 0 aliphatic carbocycles. The molecule has 8 heteroatoms. The third-order valence-electron chi connectivity index (χ3n) is 3.55. The van der Waals surface area contributed by atoms with Crippen LogP contribution in [-0.2, 0) is 4.79 Å². The van der Waals surface area contributed by atoms with Crippen molar-refractivity contribution in [1.82, 2.24) is 15.1 Å². The second-order valence-corrected chi connectivity index (χ2v) is 5.80. The molecule has 1 aromatic carbocycles. The summed E-state index contributed by atoms with van der Waals surface area (Å²) >= 11 is 11.6. The van der Waals surface area contributed by atoms with E-state index in [1.165, 1.54) is 6.07 Å². The van der Waals surface area contributed by atoms with Crippen molar-refractivity contribution >= 4 is 35.0 Å². The van der Waals surface area contributed by atoms with E-state index in [1.807, 2.05) is 4.90 Å². The maximum Gasteiger partial charge on any atom is 0.255 e. The minimum atomic E-state index is -0.673. The Labute approximate surface area is 138 Å². The maximum atomic E-state index is 13.5.